The minimum atomic E-state index is -0.460. The summed E-state index contributed by atoms with van der Waals surface area (Å²) in [5.74, 6) is 0. The summed E-state index contributed by atoms with van der Waals surface area (Å²) in [5.41, 5.74) is 0.860. The van der Waals surface area contributed by atoms with E-state index < -0.39 is 5.60 Å². The van der Waals surface area contributed by atoms with E-state index in [1.54, 1.807) is 4.90 Å². The van der Waals surface area contributed by atoms with Gasteiger partial charge in [0.1, 0.15) is 5.60 Å². The molecule has 1 amide bonds. The Morgan fingerprint density at radius 2 is 1.78 bits per heavy atom. The number of hydrogen-bond donors (Lipinski definition) is 1. The van der Waals surface area contributed by atoms with Gasteiger partial charge in [-0.3, -0.25) is 0 Å². The van der Waals surface area contributed by atoms with Gasteiger partial charge in [0.25, 0.3) is 0 Å². The Morgan fingerprint density at radius 1 is 1.17 bits per heavy atom. The van der Waals surface area contributed by atoms with Crippen LogP contribution in [0.25, 0.3) is 0 Å². The van der Waals surface area contributed by atoms with Crippen LogP contribution in [-0.2, 0) is 11.2 Å². The van der Waals surface area contributed by atoms with Crippen LogP contribution in [0.5, 0.6) is 0 Å². The smallest absolute Gasteiger partial charge is 0.410 e. The van der Waals surface area contributed by atoms with Crippen molar-refractivity contribution in [2.24, 2.45) is 0 Å². The summed E-state index contributed by atoms with van der Waals surface area (Å²) < 4.78 is 5.47. The molecule has 0 aliphatic carbocycles. The summed E-state index contributed by atoms with van der Waals surface area (Å²) in [7, 11) is 0. The summed E-state index contributed by atoms with van der Waals surface area (Å²) in [5, 5.41) is 3.48. The second-order valence-electron chi connectivity index (χ2n) is 7.31. The Bertz CT molecular complexity index is 466. The molecule has 0 saturated heterocycles. The molecule has 0 fully saturated rings. The number of carbonyl (C=O) groups is 1. The molecule has 4 heteroatoms. The van der Waals surface area contributed by atoms with Gasteiger partial charge in [0.05, 0.1) is 0 Å². The molecule has 1 rings (SSSR count). The third-order valence-corrected chi connectivity index (χ3v) is 3.48. The Balaban J connectivity index is 2.42. The van der Waals surface area contributed by atoms with E-state index in [-0.39, 0.29) is 12.1 Å². The second kappa shape index (κ2) is 8.92. The van der Waals surface area contributed by atoms with E-state index in [2.05, 4.69) is 36.5 Å². The molecule has 23 heavy (non-hydrogen) atoms. The predicted octanol–water partition coefficient (Wildman–Crippen LogP) is 3.85. The van der Waals surface area contributed by atoms with E-state index in [9.17, 15) is 4.79 Å². The van der Waals surface area contributed by atoms with E-state index in [1.165, 1.54) is 5.56 Å². The average molecular weight is 320 g/mol. The minimum Gasteiger partial charge on any atom is -0.444 e. The molecule has 1 aromatic carbocycles. The number of ether oxygens (including phenoxy) is 1. The highest BCUT2D eigenvalue weighted by atomic mass is 16.6. The van der Waals surface area contributed by atoms with Gasteiger partial charge in [-0.05, 0) is 53.5 Å². The fourth-order valence-electron chi connectivity index (χ4n) is 2.35. The third-order valence-electron chi connectivity index (χ3n) is 3.48. The fraction of sp³-hybridized carbons (Fsp3) is 0.632. The van der Waals surface area contributed by atoms with Crippen molar-refractivity contribution >= 4 is 6.09 Å². The van der Waals surface area contributed by atoms with E-state index in [1.807, 2.05) is 40.7 Å². The van der Waals surface area contributed by atoms with Crippen molar-refractivity contribution in [3.8, 4) is 0 Å². The van der Waals surface area contributed by atoms with Gasteiger partial charge in [0.15, 0.2) is 0 Å². The van der Waals surface area contributed by atoms with Crippen LogP contribution in [0.3, 0.4) is 0 Å². The zero-order chi connectivity index (χ0) is 17.5. The van der Waals surface area contributed by atoms with Gasteiger partial charge in [-0.25, -0.2) is 4.79 Å². The largest absolute Gasteiger partial charge is 0.444 e. The summed E-state index contributed by atoms with van der Waals surface area (Å²) in [6.45, 7) is 13.3. The van der Waals surface area contributed by atoms with Crippen LogP contribution in [0.2, 0.25) is 0 Å². The first-order valence-electron chi connectivity index (χ1n) is 8.46. The molecule has 1 aromatic rings. The maximum Gasteiger partial charge on any atom is 0.410 e. The number of carbonyl (C=O) groups excluding carboxylic acids is 1. The molecule has 0 heterocycles. The zero-order valence-corrected chi connectivity index (χ0v) is 15.4. The Labute approximate surface area is 141 Å². The molecule has 4 nitrogen and oxygen atoms in total. The quantitative estimate of drug-likeness (QED) is 0.829. The molecule has 0 aliphatic heterocycles. The SMILES string of the molecule is CC(Cc1ccccc1)NCCN(C(=O)OC(C)(C)C)C(C)C. The predicted molar refractivity (Wildman–Crippen MR) is 95.7 cm³/mol. The Kier molecular flexibility index (Phi) is 7.56. The number of nitrogens with zero attached hydrogens (tertiary/aromatic N) is 1. The molecule has 0 aliphatic rings. The first-order chi connectivity index (χ1) is 10.7. The first kappa shape index (κ1) is 19.5. The van der Waals surface area contributed by atoms with Crippen LogP contribution >= 0.6 is 0 Å². The number of nitrogens with one attached hydrogen (secondary N) is 1. The lowest BCUT2D eigenvalue weighted by molar-refractivity contribution is 0.0192. The molecule has 0 radical (unpaired) electrons. The Morgan fingerprint density at radius 3 is 2.30 bits per heavy atom. The molecule has 0 aromatic heterocycles. The summed E-state index contributed by atoms with van der Waals surface area (Å²) >= 11 is 0. The van der Waals surface area contributed by atoms with E-state index in [0.29, 0.717) is 12.6 Å². The summed E-state index contributed by atoms with van der Waals surface area (Å²) in [6, 6.07) is 10.9. The lowest BCUT2D eigenvalue weighted by atomic mass is 10.1. The van der Waals surface area contributed by atoms with Gasteiger partial charge in [-0.15, -0.1) is 0 Å². The first-order valence-corrected chi connectivity index (χ1v) is 8.46. The van der Waals surface area contributed by atoms with Crippen LogP contribution in [0, 0.1) is 0 Å². The van der Waals surface area contributed by atoms with Crippen molar-refractivity contribution < 1.29 is 9.53 Å². The lowest BCUT2D eigenvalue weighted by Gasteiger charge is -2.30. The van der Waals surface area contributed by atoms with Crippen molar-refractivity contribution in [2.45, 2.75) is 65.6 Å². The van der Waals surface area contributed by atoms with E-state index in [0.717, 1.165) is 13.0 Å². The van der Waals surface area contributed by atoms with Crippen molar-refractivity contribution in [3.63, 3.8) is 0 Å². The number of benzene rings is 1. The standard InChI is InChI=1S/C19H32N2O2/c1-15(2)21(18(22)23-19(4,5)6)13-12-20-16(3)14-17-10-8-7-9-11-17/h7-11,15-16,20H,12-14H2,1-6H3. The van der Waals surface area contributed by atoms with Gasteiger partial charge in [0.2, 0.25) is 0 Å². The molecule has 0 bridgehead atoms. The highest BCUT2D eigenvalue weighted by Gasteiger charge is 2.23. The van der Waals surface area contributed by atoms with Crippen LogP contribution in [0.1, 0.15) is 47.1 Å². The number of hydrogen-bond acceptors (Lipinski definition) is 3. The third kappa shape index (κ3) is 8.03. The van der Waals surface area contributed by atoms with Crippen molar-refractivity contribution in [1.82, 2.24) is 10.2 Å². The normalized spacial score (nSPS) is 13.0. The molecule has 1 N–H and O–H groups in total. The monoisotopic (exact) mass is 320 g/mol. The highest BCUT2D eigenvalue weighted by molar-refractivity contribution is 5.68. The van der Waals surface area contributed by atoms with Crippen molar-refractivity contribution in [3.05, 3.63) is 35.9 Å². The van der Waals surface area contributed by atoms with Crippen LogP contribution in [-0.4, -0.2) is 41.8 Å². The molecule has 1 atom stereocenters. The second-order valence-corrected chi connectivity index (χ2v) is 7.31. The molecule has 0 saturated carbocycles. The molecule has 130 valence electrons. The van der Waals surface area contributed by atoms with Gasteiger partial charge >= 0.3 is 6.09 Å². The van der Waals surface area contributed by atoms with Gasteiger partial charge in [-0.1, -0.05) is 30.3 Å². The van der Waals surface area contributed by atoms with Gasteiger partial charge < -0.3 is 15.0 Å². The van der Waals surface area contributed by atoms with Crippen LogP contribution in [0.4, 0.5) is 4.79 Å². The van der Waals surface area contributed by atoms with Crippen LogP contribution < -0.4 is 5.32 Å². The Hall–Kier alpha value is -1.55. The van der Waals surface area contributed by atoms with E-state index in [4.69, 9.17) is 4.74 Å². The summed E-state index contributed by atoms with van der Waals surface area (Å²) in [4.78, 5) is 14.0. The maximum atomic E-state index is 12.2. The van der Waals surface area contributed by atoms with Crippen molar-refractivity contribution in [2.75, 3.05) is 13.1 Å². The number of amides is 1. The van der Waals surface area contributed by atoms with Crippen LogP contribution in [0.15, 0.2) is 30.3 Å². The van der Waals surface area contributed by atoms with E-state index >= 15 is 0 Å². The van der Waals surface area contributed by atoms with Gasteiger partial charge in [0, 0.05) is 25.2 Å². The van der Waals surface area contributed by atoms with Gasteiger partial charge in [-0.2, -0.15) is 0 Å². The molecule has 1 unspecified atom stereocenters. The number of rotatable bonds is 7. The topological polar surface area (TPSA) is 41.6 Å². The minimum absolute atomic E-state index is 0.121. The fourth-order valence-corrected chi connectivity index (χ4v) is 2.35. The molecule has 0 spiro atoms. The maximum absolute atomic E-state index is 12.2. The lowest BCUT2D eigenvalue weighted by Crippen LogP contribution is -2.45. The zero-order valence-electron chi connectivity index (χ0n) is 15.4. The highest BCUT2D eigenvalue weighted by Crippen LogP contribution is 2.11. The summed E-state index contributed by atoms with van der Waals surface area (Å²) in [6.07, 6.45) is 0.736. The molecular formula is C19H32N2O2. The average Bonchev–Trinajstić information content (AvgIpc) is 2.42. The molecular weight excluding hydrogens is 288 g/mol. The van der Waals surface area contributed by atoms with Crippen molar-refractivity contribution in [1.29, 1.82) is 0 Å².